The molecule has 0 aromatic carbocycles. The summed E-state index contributed by atoms with van der Waals surface area (Å²) in [5, 5.41) is 5.14. The van der Waals surface area contributed by atoms with Gasteiger partial charge in [0.15, 0.2) is 6.10 Å². The summed E-state index contributed by atoms with van der Waals surface area (Å²) in [7, 11) is 3.36. The Kier molecular flexibility index (Phi) is 43.9. The van der Waals surface area contributed by atoms with Crippen molar-refractivity contribution in [2.45, 2.75) is 241 Å². The predicted octanol–water partition coefficient (Wildman–Crippen LogP) is 12.3. The summed E-state index contributed by atoms with van der Waals surface area (Å²) in [5.41, 5.74) is -1.89. The maximum absolute atomic E-state index is 13.4. The molecule has 0 saturated heterocycles. The third-order valence-corrected chi connectivity index (χ3v) is 12.2. The molecular formula is C55H108N2O12. The number of carbonyl (C=O) groups is 4. The highest BCUT2D eigenvalue weighted by Gasteiger charge is 2.34. The summed E-state index contributed by atoms with van der Waals surface area (Å²) in [5.74, 6) is -0.746. The first kappa shape index (κ1) is 68.6. The fourth-order valence-corrected chi connectivity index (χ4v) is 7.23. The molecule has 0 bridgehead atoms. The second-order valence-corrected chi connectivity index (χ2v) is 21.2. The average Bonchev–Trinajstić information content (AvgIpc) is 3.30. The van der Waals surface area contributed by atoms with E-state index in [9.17, 15) is 19.2 Å². The van der Waals surface area contributed by atoms with Crippen molar-refractivity contribution < 1.29 is 57.1 Å². The summed E-state index contributed by atoms with van der Waals surface area (Å²) in [6, 6.07) is 0. The van der Waals surface area contributed by atoms with Crippen molar-refractivity contribution in [3.8, 4) is 0 Å². The average molecular weight is 989 g/mol. The van der Waals surface area contributed by atoms with Gasteiger partial charge in [-0.3, -0.25) is 14.4 Å². The molecule has 410 valence electrons. The van der Waals surface area contributed by atoms with Crippen LogP contribution in [-0.4, -0.2) is 122 Å². The fraction of sp³-hybridized carbons (Fsp3) is 0.927. The smallest absolute Gasteiger partial charge is 0.407 e. The van der Waals surface area contributed by atoms with Crippen LogP contribution in [0, 0.1) is 10.8 Å². The summed E-state index contributed by atoms with van der Waals surface area (Å²) in [4.78, 5) is 49.4. The first-order valence-corrected chi connectivity index (χ1v) is 27.1. The molecule has 0 saturated carbocycles. The van der Waals surface area contributed by atoms with Crippen molar-refractivity contribution in [1.29, 1.82) is 0 Å². The lowest BCUT2D eigenvalue weighted by Crippen LogP contribution is -2.39. The number of ether oxygens (including phenoxy) is 8. The lowest BCUT2D eigenvalue weighted by atomic mass is 9.86. The van der Waals surface area contributed by atoms with Crippen LogP contribution >= 0.6 is 0 Å². The summed E-state index contributed by atoms with van der Waals surface area (Å²) >= 11 is 0. The van der Waals surface area contributed by atoms with Gasteiger partial charge in [0.2, 0.25) is 6.41 Å². The lowest BCUT2D eigenvalue weighted by Gasteiger charge is -2.30. The number of carbonyl (C=O) groups excluding carboxylic acids is 4. The van der Waals surface area contributed by atoms with E-state index in [4.69, 9.17) is 37.9 Å². The molecule has 0 fully saturated rings. The second kappa shape index (κ2) is 44.2. The van der Waals surface area contributed by atoms with E-state index in [0.717, 1.165) is 32.1 Å². The van der Waals surface area contributed by atoms with Crippen molar-refractivity contribution in [3.63, 3.8) is 0 Å². The maximum Gasteiger partial charge on any atom is 0.407 e. The van der Waals surface area contributed by atoms with Crippen LogP contribution < -0.4 is 10.6 Å². The molecule has 2 amide bonds. The topological polar surface area (TPSA) is 166 Å². The third-order valence-electron chi connectivity index (χ3n) is 12.2. The van der Waals surface area contributed by atoms with Gasteiger partial charge in [0.25, 0.3) is 0 Å². The van der Waals surface area contributed by atoms with E-state index in [0.29, 0.717) is 58.8 Å². The van der Waals surface area contributed by atoms with Crippen LogP contribution in [0.4, 0.5) is 4.79 Å². The molecule has 0 radical (unpaired) electrons. The van der Waals surface area contributed by atoms with E-state index in [-0.39, 0.29) is 43.5 Å². The first-order valence-electron chi connectivity index (χ1n) is 27.1. The molecule has 0 rings (SSSR count). The molecule has 69 heavy (non-hydrogen) atoms. The Bertz CT molecular complexity index is 1230. The zero-order chi connectivity index (χ0) is 52.1. The minimum atomic E-state index is -0.936. The van der Waals surface area contributed by atoms with E-state index < -0.39 is 29.0 Å². The molecular weight excluding hydrogens is 881 g/mol. The van der Waals surface area contributed by atoms with Crippen molar-refractivity contribution in [3.05, 3.63) is 0 Å². The standard InChI is InChI=1S/C45H86N2O9.C10H22O3/c1-7-9-11-13-15-17-19-21-23-25-27-29-44(3,4)41(49)54-37-40(38-55-43(51)47-32-34-53-36-35-52-33-31-46-39-48)56-42(50)45(5,6)30-28-26-24-22-20-18-16-14-12-10-8-2;1-9(2,12-6)8-13-10(3,4)7-11-5/h39-40H,7-38H2,1-6H3,(H,46,48)(H,47,51);7-8H2,1-6H3. The number of alkyl carbamates (subject to hydrolysis) is 1. The van der Waals surface area contributed by atoms with E-state index in [2.05, 4.69) is 24.5 Å². The summed E-state index contributed by atoms with van der Waals surface area (Å²) < 4.78 is 43.7. The number of rotatable bonds is 47. The molecule has 0 heterocycles. The van der Waals surface area contributed by atoms with Crippen LogP contribution in [-0.2, 0) is 52.3 Å². The molecule has 0 aliphatic carbocycles. The quantitative estimate of drug-likeness (QED) is 0.0257. The number of esters is 2. The van der Waals surface area contributed by atoms with E-state index >= 15 is 0 Å². The highest BCUT2D eigenvalue weighted by molar-refractivity contribution is 5.77. The van der Waals surface area contributed by atoms with Crippen LogP contribution in [0.1, 0.15) is 223 Å². The van der Waals surface area contributed by atoms with Gasteiger partial charge in [-0.25, -0.2) is 4.79 Å². The summed E-state index contributed by atoms with van der Waals surface area (Å²) in [6.07, 6.45) is 27.7. The van der Waals surface area contributed by atoms with Crippen molar-refractivity contribution in [2.75, 3.05) is 80.2 Å². The number of hydrogen-bond acceptors (Lipinski definition) is 12. The number of amides is 2. The molecule has 14 heteroatoms. The predicted molar refractivity (Wildman–Crippen MR) is 279 cm³/mol. The molecule has 0 aromatic rings. The van der Waals surface area contributed by atoms with Gasteiger partial charge in [-0.05, 0) is 68.2 Å². The maximum atomic E-state index is 13.4. The Balaban J connectivity index is 0. The minimum absolute atomic E-state index is 0.195. The SMILES string of the molecule is CCCCCCCCCCCCCC(C)(C)C(=O)OCC(COC(=O)NCCOCCOCCNC=O)OC(=O)C(C)(C)CCCCCCCCCCCCC.COCC(C)(C)OCC(C)(C)OC. The molecule has 2 N–H and O–H groups in total. The van der Waals surface area contributed by atoms with E-state index in [1.807, 2.05) is 55.4 Å². The minimum Gasteiger partial charge on any atom is -0.461 e. The number of unbranched alkanes of at least 4 members (excludes halogenated alkanes) is 20. The molecule has 1 atom stereocenters. The zero-order valence-corrected chi connectivity index (χ0v) is 46.6. The zero-order valence-electron chi connectivity index (χ0n) is 46.6. The van der Waals surface area contributed by atoms with E-state index in [1.54, 1.807) is 14.2 Å². The lowest BCUT2D eigenvalue weighted by molar-refractivity contribution is -0.172. The Morgan fingerprint density at radius 2 is 0.928 bits per heavy atom. The van der Waals surface area contributed by atoms with Crippen LogP contribution in [0.25, 0.3) is 0 Å². The molecule has 0 spiro atoms. The van der Waals surface area contributed by atoms with Crippen LogP contribution in [0.15, 0.2) is 0 Å². The Labute approximate surface area is 422 Å². The molecule has 14 nitrogen and oxygen atoms in total. The Hall–Kier alpha value is -2.52. The van der Waals surface area contributed by atoms with Crippen LogP contribution in [0.5, 0.6) is 0 Å². The molecule has 0 aromatic heterocycles. The van der Waals surface area contributed by atoms with E-state index in [1.165, 1.54) is 109 Å². The first-order chi connectivity index (χ1) is 32.8. The Morgan fingerprint density at radius 3 is 1.36 bits per heavy atom. The second-order valence-electron chi connectivity index (χ2n) is 21.2. The van der Waals surface area contributed by atoms with Crippen LogP contribution in [0.2, 0.25) is 0 Å². The van der Waals surface area contributed by atoms with Gasteiger partial charge in [0.1, 0.15) is 13.2 Å². The normalized spacial score (nSPS) is 12.5. The Morgan fingerprint density at radius 1 is 0.507 bits per heavy atom. The van der Waals surface area contributed by atoms with Gasteiger partial charge in [0, 0.05) is 27.3 Å². The summed E-state index contributed by atoms with van der Waals surface area (Å²) in [6.45, 7) is 22.7. The third kappa shape index (κ3) is 44.0. The van der Waals surface area contributed by atoms with Crippen molar-refractivity contribution in [1.82, 2.24) is 10.6 Å². The van der Waals surface area contributed by atoms with Gasteiger partial charge < -0.3 is 48.5 Å². The van der Waals surface area contributed by atoms with Crippen LogP contribution in [0.3, 0.4) is 0 Å². The van der Waals surface area contributed by atoms with Gasteiger partial charge in [0.05, 0.1) is 61.7 Å². The van der Waals surface area contributed by atoms with Crippen molar-refractivity contribution >= 4 is 24.4 Å². The van der Waals surface area contributed by atoms with Gasteiger partial charge in [-0.2, -0.15) is 0 Å². The highest BCUT2D eigenvalue weighted by atomic mass is 16.6. The largest absolute Gasteiger partial charge is 0.461 e. The highest BCUT2D eigenvalue weighted by Crippen LogP contribution is 2.29. The van der Waals surface area contributed by atoms with Gasteiger partial charge in [-0.1, -0.05) is 155 Å². The molecule has 0 aliphatic heterocycles. The molecule has 0 aliphatic rings. The number of nitrogens with one attached hydrogen (secondary N) is 2. The monoisotopic (exact) mass is 989 g/mol. The van der Waals surface area contributed by atoms with Gasteiger partial charge >= 0.3 is 18.0 Å². The van der Waals surface area contributed by atoms with Gasteiger partial charge in [-0.15, -0.1) is 0 Å². The number of methoxy groups -OCH3 is 2. The fourth-order valence-electron chi connectivity index (χ4n) is 7.23. The number of hydrogen-bond donors (Lipinski definition) is 2. The molecule has 1 unspecified atom stereocenters. The van der Waals surface area contributed by atoms with Crippen molar-refractivity contribution in [2.24, 2.45) is 10.8 Å².